The first-order valence-corrected chi connectivity index (χ1v) is 6.21. The van der Waals surface area contributed by atoms with Gasteiger partial charge in [-0.15, -0.1) is 0 Å². The second-order valence-electron chi connectivity index (χ2n) is 4.71. The number of aryl methyl sites for hydroxylation is 1. The summed E-state index contributed by atoms with van der Waals surface area (Å²) in [7, 11) is 1.57. The molecule has 0 aliphatic carbocycles. The van der Waals surface area contributed by atoms with E-state index in [0.717, 1.165) is 5.56 Å². The quantitative estimate of drug-likeness (QED) is 0.932. The summed E-state index contributed by atoms with van der Waals surface area (Å²) in [6, 6.07) is 5.63. The predicted octanol–water partition coefficient (Wildman–Crippen LogP) is 2.52. The highest BCUT2D eigenvalue weighted by atomic mass is 35.5. The van der Waals surface area contributed by atoms with Crippen LogP contribution in [0.4, 0.5) is 0 Å². The highest BCUT2D eigenvalue weighted by Gasteiger charge is 2.28. The number of nitrogens with two attached hydrogens (primary N) is 1. The molecule has 1 unspecified atom stereocenters. The van der Waals surface area contributed by atoms with Crippen molar-refractivity contribution in [3.8, 4) is 11.5 Å². The highest BCUT2D eigenvalue weighted by molar-refractivity contribution is 6.33. The van der Waals surface area contributed by atoms with Crippen LogP contribution < -0.4 is 5.73 Å². The average molecular weight is 282 g/mol. The van der Waals surface area contributed by atoms with Crippen LogP contribution in [0, 0.1) is 6.92 Å². The Balaban J connectivity index is 2.39. The van der Waals surface area contributed by atoms with Crippen molar-refractivity contribution < 1.29 is 9.26 Å². The van der Waals surface area contributed by atoms with E-state index in [0.29, 0.717) is 28.9 Å². The van der Waals surface area contributed by atoms with Gasteiger partial charge in [0.1, 0.15) is 5.54 Å². The lowest BCUT2D eigenvalue weighted by Crippen LogP contribution is -2.38. The van der Waals surface area contributed by atoms with Gasteiger partial charge in [0.25, 0.3) is 5.89 Å². The van der Waals surface area contributed by atoms with E-state index in [-0.39, 0.29) is 0 Å². The van der Waals surface area contributed by atoms with Gasteiger partial charge in [-0.3, -0.25) is 0 Å². The van der Waals surface area contributed by atoms with Gasteiger partial charge in [0, 0.05) is 7.11 Å². The maximum Gasteiger partial charge on any atom is 0.259 e. The van der Waals surface area contributed by atoms with Gasteiger partial charge in [-0.1, -0.05) is 28.9 Å². The van der Waals surface area contributed by atoms with Gasteiger partial charge in [-0.2, -0.15) is 4.98 Å². The highest BCUT2D eigenvalue weighted by Crippen LogP contribution is 2.30. The Morgan fingerprint density at radius 3 is 2.89 bits per heavy atom. The summed E-state index contributed by atoms with van der Waals surface area (Å²) in [5.41, 5.74) is 6.92. The Hall–Kier alpha value is -1.43. The Labute approximate surface area is 116 Å². The molecule has 2 aromatic rings. The number of hydrogen-bond donors (Lipinski definition) is 1. The molecule has 102 valence electrons. The monoisotopic (exact) mass is 281 g/mol. The van der Waals surface area contributed by atoms with E-state index < -0.39 is 5.54 Å². The number of halogens is 1. The zero-order valence-corrected chi connectivity index (χ0v) is 11.9. The average Bonchev–Trinajstić information content (AvgIpc) is 2.82. The lowest BCUT2D eigenvalue weighted by atomic mass is 10.1. The largest absolute Gasteiger partial charge is 0.382 e. The molecule has 19 heavy (non-hydrogen) atoms. The molecule has 2 rings (SSSR count). The maximum absolute atomic E-state index is 6.23. The first-order valence-electron chi connectivity index (χ1n) is 5.83. The number of ether oxygens (including phenoxy) is 1. The molecule has 0 bridgehead atoms. The minimum Gasteiger partial charge on any atom is -0.382 e. The maximum atomic E-state index is 6.23. The van der Waals surface area contributed by atoms with Crippen molar-refractivity contribution in [1.29, 1.82) is 0 Å². The molecule has 0 fully saturated rings. The molecule has 0 saturated heterocycles. The number of nitrogens with zero attached hydrogens (tertiary/aromatic N) is 2. The van der Waals surface area contributed by atoms with Crippen LogP contribution >= 0.6 is 11.6 Å². The van der Waals surface area contributed by atoms with Crippen molar-refractivity contribution in [2.24, 2.45) is 5.73 Å². The molecule has 0 aliphatic heterocycles. The van der Waals surface area contributed by atoms with Crippen molar-refractivity contribution in [1.82, 2.24) is 10.1 Å². The standard InChI is InChI=1S/C13H16ClN3O2/c1-8-5-4-6-9(10(8)14)11-16-12(17-19-11)13(2,15)7-18-3/h4-6H,7,15H2,1-3H3. The van der Waals surface area contributed by atoms with E-state index in [4.69, 9.17) is 26.6 Å². The molecular formula is C13H16ClN3O2. The lowest BCUT2D eigenvalue weighted by molar-refractivity contribution is 0.135. The van der Waals surface area contributed by atoms with E-state index in [1.807, 2.05) is 25.1 Å². The van der Waals surface area contributed by atoms with Gasteiger partial charge in [-0.25, -0.2) is 0 Å². The summed E-state index contributed by atoms with van der Waals surface area (Å²) in [5.74, 6) is 0.749. The fourth-order valence-corrected chi connectivity index (χ4v) is 1.95. The Bertz CT molecular complexity index is 581. The number of benzene rings is 1. The summed E-state index contributed by atoms with van der Waals surface area (Å²) >= 11 is 6.23. The Morgan fingerprint density at radius 2 is 2.21 bits per heavy atom. The Kier molecular flexibility index (Phi) is 3.89. The molecule has 0 spiro atoms. The normalized spacial score (nSPS) is 14.4. The second-order valence-corrected chi connectivity index (χ2v) is 5.09. The fraction of sp³-hybridized carbons (Fsp3) is 0.385. The SMILES string of the molecule is COCC(C)(N)c1noc(-c2cccc(C)c2Cl)n1. The van der Waals surface area contributed by atoms with Gasteiger partial charge in [0.2, 0.25) is 0 Å². The molecule has 2 N–H and O–H groups in total. The van der Waals surface area contributed by atoms with Gasteiger partial charge in [0.05, 0.1) is 17.2 Å². The van der Waals surface area contributed by atoms with E-state index >= 15 is 0 Å². The third kappa shape index (κ3) is 2.78. The van der Waals surface area contributed by atoms with Crippen molar-refractivity contribution in [3.63, 3.8) is 0 Å². The predicted molar refractivity (Wildman–Crippen MR) is 72.9 cm³/mol. The molecule has 6 heteroatoms. The van der Waals surface area contributed by atoms with Crippen LogP contribution in [0.1, 0.15) is 18.3 Å². The van der Waals surface area contributed by atoms with Crippen molar-refractivity contribution in [3.05, 3.63) is 34.6 Å². The molecule has 0 saturated carbocycles. The molecule has 1 aromatic heterocycles. The molecule has 0 radical (unpaired) electrons. The number of methoxy groups -OCH3 is 1. The zero-order chi connectivity index (χ0) is 14.0. The summed E-state index contributed by atoms with van der Waals surface area (Å²) in [5, 5.41) is 4.50. The smallest absolute Gasteiger partial charge is 0.259 e. The minimum absolute atomic E-state index is 0.299. The van der Waals surface area contributed by atoms with E-state index in [1.165, 1.54) is 0 Å². The van der Waals surface area contributed by atoms with Crippen LogP contribution in [0.15, 0.2) is 22.7 Å². The minimum atomic E-state index is -0.799. The first kappa shape index (κ1) is 14.0. The summed E-state index contributed by atoms with van der Waals surface area (Å²) in [6.45, 7) is 4.00. The third-order valence-electron chi connectivity index (χ3n) is 2.80. The van der Waals surface area contributed by atoms with E-state index in [1.54, 1.807) is 14.0 Å². The zero-order valence-electron chi connectivity index (χ0n) is 11.1. The molecule has 1 heterocycles. The number of aromatic nitrogens is 2. The lowest BCUT2D eigenvalue weighted by Gasteiger charge is -2.18. The third-order valence-corrected chi connectivity index (χ3v) is 3.30. The van der Waals surface area contributed by atoms with Crippen molar-refractivity contribution in [2.45, 2.75) is 19.4 Å². The van der Waals surface area contributed by atoms with Crippen LogP contribution in [0.2, 0.25) is 5.02 Å². The van der Waals surface area contributed by atoms with Gasteiger partial charge < -0.3 is 15.0 Å². The van der Waals surface area contributed by atoms with Gasteiger partial charge in [-0.05, 0) is 25.5 Å². The molecular weight excluding hydrogens is 266 g/mol. The summed E-state index contributed by atoms with van der Waals surface area (Å²) in [6.07, 6.45) is 0. The second kappa shape index (κ2) is 5.28. The molecule has 1 aromatic carbocycles. The summed E-state index contributed by atoms with van der Waals surface area (Å²) in [4.78, 5) is 4.31. The van der Waals surface area contributed by atoms with Gasteiger partial charge in [0.15, 0.2) is 5.82 Å². The van der Waals surface area contributed by atoms with Crippen LogP contribution in [0.5, 0.6) is 0 Å². The van der Waals surface area contributed by atoms with Crippen LogP contribution in [0.3, 0.4) is 0 Å². The van der Waals surface area contributed by atoms with Crippen LogP contribution in [-0.4, -0.2) is 23.9 Å². The van der Waals surface area contributed by atoms with E-state index in [2.05, 4.69) is 10.1 Å². The van der Waals surface area contributed by atoms with Crippen LogP contribution in [0.25, 0.3) is 11.5 Å². The van der Waals surface area contributed by atoms with Crippen LogP contribution in [-0.2, 0) is 10.3 Å². The number of rotatable bonds is 4. The molecule has 0 aliphatic rings. The van der Waals surface area contributed by atoms with Crippen molar-refractivity contribution in [2.75, 3.05) is 13.7 Å². The fourth-order valence-electron chi connectivity index (χ4n) is 1.74. The first-order chi connectivity index (χ1) is 8.95. The summed E-state index contributed by atoms with van der Waals surface area (Å²) < 4.78 is 10.3. The topological polar surface area (TPSA) is 74.2 Å². The molecule has 5 nitrogen and oxygen atoms in total. The number of hydrogen-bond acceptors (Lipinski definition) is 5. The van der Waals surface area contributed by atoms with Crippen molar-refractivity contribution >= 4 is 11.6 Å². The Morgan fingerprint density at radius 1 is 1.47 bits per heavy atom. The van der Waals surface area contributed by atoms with Gasteiger partial charge >= 0.3 is 0 Å². The molecule has 1 atom stereocenters. The molecule has 0 amide bonds. The van der Waals surface area contributed by atoms with E-state index in [9.17, 15) is 0 Å².